The fourth-order valence-electron chi connectivity index (χ4n) is 1.31. The molecule has 0 aliphatic carbocycles. The summed E-state index contributed by atoms with van der Waals surface area (Å²) in [5.74, 6) is 1.12. The van der Waals surface area contributed by atoms with Gasteiger partial charge in [0.15, 0.2) is 0 Å². The second kappa shape index (κ2) is 4.44. The summed E-state index contributed by atoms with van der Waals surface area (Å²) in [6, 6.07) is 1.68. The van der Waals surface area contributed by atoms with E-state index in [0.29, 0.717) is 11.8 Å². The van der Waals surface area contributed by atoms with Crippen LogP contribution in [0.15, 0.2) is 17.8 Å². The van der Waals surface area contributed by atoms with Gasteiger partial charge in [0, 0.05) is 18.1 Å². The molecule has 0 unspecified atom stereocenters. The highest BCUT2D eigenvalue weighted by Gasteiger charge is 2.08. The highest BCUT2D eigenvalue weighted by atomic mass is 32.1. The van der Waals surface area contributed by atoms with Crippen LogP contribution in [-0.2, 0) is 6.54 Å². The van der Waals surface area contributed by atoms with Crippen molar-refractivity contribution in [1.29, 1.82) is 0 Å². The Kier molecular flexibility index (Phi) is 3.00. The topological polar surface area (TPSA) is 67.9 Å². The van der Waals surface area contributed by atoms with Crippen LogP contribution in [0, 0.1) is 6.92 Å². The minimum Gasteiger partial charge on any atom is -0.384 e. The molecule has 2 aromatic rings. The zero-order chi connectivity index (χ0) is 11.5. The molecule has 0 radical (unpaired) electrons. The first-order chi connectivity index (χ1) is 7.66. The van der Waals surface area contributed by atoms with Crippen molar-refractivity contribution < 1.29 is 0 Å². The van der Waals surface area contributed by atoms with Gasteiger partial charge in [-0.3, -0.25) is 0 Å². The Morgan fingerprint density at radius 1 is 1.44 bits per heavy atom. The number of nitrogens with two attached hydrogens (primary N) is 1. The molecule has 2 heterocycles. The summed E-state index contributed by atoms with van der Waals surface area (Å²) in [6.45, 7) is 2.75. The smallest absolute Gasteiger partial charge is 0.227 e. The second-order valence-electron chi connectivity index (χ2n) is 3.50. The fraction of sp³-hybridized carbons (Fsp3) is 0.300. The van der Waals surface area contributed by atoms with Crippen LogP contribution in [0.1, 0.15) is 10.6 Å². The summed E-state index contributed by atoms with van der Waals surface area (Å²) >= 11 is 1.64. The first kappa shape index (κ1) is 10.8. The molecule has 0 saturated carbocycles. The third-order valence-electron chi connectivity index (χ3n) is 2.23. The van der Waals surface area contributed by atoms with Gasteiger partial charge in [0.05, 0.1) is 17.7 Å². The Morgan fingerprint density at radius 3 is 2.88 bits per heavy atom. The van der Waals surface area contributed by atoms with Crippen molar-refractivity contribution in [2.24, 2.45) is 0 Å². The maximum Gasteiger partial charge on any atom is 0.227 e. The van der Waals surface area contributed by atoms with Crippen LogP contribution < -0.4 is 10.6 Å². The highest BCUT2D eigenvalue weighted by Crippen LogP contribution is 2.17. The normalized spacial score (nSPS) is 10.4. The van der Waals surface area contributed by atoms with Crippen LogP contribution in [0.25, 0.3) is 0 Å². The average Bonchev–Trinajstić information content (AvgIpc) is 2.64. The van der Waals surface area contributed by atoms with Crippen LogP contribution in [0.3, 0.4) is 0 Å². The van der Waals surface area contributed by atoms with Crippen molar-refractivity contribution in [2.75, 3.05) is 17.7 Å². The number of aromatic nitrogens is 3. The van der Waals surface area contributed by atoms with E-state index in [-0.39, 0.29) is 0 Å². The van der Waals surface area contributed by atoms with Crippen LogP contribution in [0.4, 0.5) is 11.8 Å². The van der Waals surface area contributed by atoms with Gasteiger partial charge in [0.2, 0.25) is 5.95 Å². The van der Waals surface area contributed by atoms with E-state index in [4.69, 9.17) is 5.73 Å². The monoisotopic (exact) mass is 235 g/mol. The number of nitrogen functional groups attached to an aromatic ring is 1. The third-order valence-corrected chi connectivity index (χ3v) is 3.15. The average molecular weight is 235 g/mol. The second-order valence-corrected chi connectivity index (χ2v) is 4.44. The lowest BCUT2D eigenvalue weighted by molar-refractivity contribution is 0.872. The summed E-state index contributed by atoms with van der Waals surface area (Å²) in [6.07, 6.45) is 1.66. The number of hydrogen-bond acceptors (Lipinski definition) is 6. The minimum atomic E-state index is 0.484. The van der Waals surface area contributed by atoms with Gasteiger partial charge < -0.3 is 10.6 Å². The molecular weight excluding hydrogens is 222 g/mol. The van der Waals surface area contributed by atoms with E-state index in [1.165, 1.54) is 4.88 Å². The summed E-state index contributed by atoms with van der Waals surface area (Å²) in [5.41, 5.74) is 8.51. The molecule has 0 spiro atoms. The minimum absolute atomic E-state index is 0.484. The largest absolute Gasteiger partial charge is 0.384 e. The van der Waals surface area contributed by atoms with Gasteiger partial charge in [-0.05, 0) is 13.0 Å². The van der Waals surface area contributed by atoms with Crippen molar-refractivity contribution in [3.8, 4) is 0 Å². The molecule has 0 bridgehead atoms. The number of thiazole rings is 1. The summed E-state index contributed by atoms with van der Waals surface area (Å²) in [4.78, 5) is 15.7. The Morgan fingerprint density at radius 2 is 2.25 bits per heavy atom. The molecule has 0 aromatic carbocycles. The zero-order valence-corrected chi connectivity index (χ0v) is 10.0. The molecular formula is C10H13N5S. The Balaban J connectivity index is 2.14. The van der Waals surface area contributed by atoms with Gasteiger partial charge in [-0.15, -0.1) is 11.3 Å². The molecule has 0 atom stereocenters. The molecule has 16 heavy (non-hydrogen) atoms. The van der Waals surface area contributed by atoms with Crippen molar-refractivity contribution in [3.63, 3.8) is 0 Å². The van der Waals surface area contributed by atoms with E-state index in [1.807, 2.05) is 24.4 Å². The zero-order valence-electron chi connectivity index (χ0n) is 9.21. The molecule has 0 aliphatic heterocycles. The number of hydrogen-bond donors (Lipinski definition) is 1. The highest BCUT2D eigenvalue weighted by molar-refractivity contribution is 7.09. The first-order valence-corrected chi connectivity index (χ1v) is 5.73. The van der Waals surface area contributed by atoms with Crippen LogP contribution in [-0.4, -0.2) is 22.0 Å². The van der Waals surface area contributed by atoms with Crippen LogP contribution in [0.5, 0.6) is 0 Å². The van der Waals surface area contributed by atoms with E-state index in [9.17, 15) is 0 Å². The lowest BCUT2D eigenvalue weighted by Gasteiger charge is -2.16. The van der Waals surface area contributed by atoms with E-state index < -0.39 is 0 Å². The van der Waals surface area contributed by atoms with E-state index in [1.54, 1.807) is 23.6 Å². The summed E-state index contributed by atoms with van der Waals surface area (Å²) in [7, 11) is 1.94. The van der Waals surface area contributed by atoms with Gasteiger partial charge in [-0.1, -0.05) is 0 Å². The first-order valence-electron chi connectivity index (χ1n) is 4.85. The molecule has 6 heteroatoms. The SMILES string of the molecule is Cc1ncsc1CN(C)c1nccc(N)n1. The van der Waals surface area contributed by atoms with Gasteiger partial charge >= 0.3 is 0 Å². The quantitative estimate of drug-likeness (QED) is 0.872. The molecule has 0 amide bonds. The fourth-order valence-corrected chi connectivity index (χ4v) is 2.14. The van der Waals surface area contributed by atoms with Crippen molar-refractivity contribution in [1.82, 2.24) is 15.0 Å². The van der Waals surface area contributed by atoms with Gasteiger partial charge in [0.1, 0.15) is 5.82 Å². The van der Waals surface area contributed by atoms with Crippen molar-refractivity contribution in [2.45, 2.75) is 13.5 Å². The predicted octanol–water partition coefficient (Wildman–Crippen LogP) is 1.46. The lowest BCUT2D eigenvalue weighted by atomic mass is 10.4. The number of nitrogens with zero attached hydrogens (tertiary/aromatic N) is 4. The summed E-state index contributed by atoms with van der Waals surface area (Å²) in [5, 5.41) is 0. The number of anilines is 2. The molecule has 0 fully saturated rings. The lowest BCUT2D eigenvalue weighted by Crippen LogP contribution is -2.19. The van der Waals surface area contributed by atoms with Gasteiger partial charge in [-0.2, -0.15) is 4.98 Å². The predicted molar refractivity (Wildman–Crippen MR) is 65.4 cm³/mol. The number of rotatable bonds is 3. The maximum absolute atomic E-state index is 5.61. The molecule has 2 aromatic heterocycles. The van der Waals surface area contributed by atoms with Gasteiger partial charge in [0.25, 0.3) is 0 Å². The molecule has 2 rings (SSSR count). The molecule has 5 nitrogen and oxygen atoms in total. The molecule has 0 saturated heterocycles. The Hall–Kier alpha value is -1.69. The van der Waals surface area contributed by atoms with Crippen molar-refractivity contribution >= 4 is 23.1 Å². The van der Waals surface area contributed by atoms with E-state index >= 15 is 0 Å². The maximum atomic E-state index is 5.61. The Bertz CT molecular complexity index is 482. The van der Waals surface area contributed by atoms with Gasteiger partial charge in [-0.25, -0.2) is 9.97 Å². The van der Waals surface area contributed by atoms with E-state index in [2.05, 4.69) is 15.0 Å². The van der Waals surface area contributed by atoms with Crippen molar-refractivity contribution in [3.05, 3.63) is 28.3 Å². The van der Waals surface area contributed by atoms with E-state index in [0.717, 1.165) is 12.2 Å². The molecule has 2 N–H and O–H groups in total. The third kappa shape index (κ3) is 2.27. The summed E-state index contributed by atoms with van der Waals surface area (Å²) < 4.78 is 0. The molecule has 84 valence electrons. The standard InChI is InChI=1S/C10H13N5S/c1-7-8(16-6-13-7)5-15(2)10-12-4-3-9(11)14-10/h3-4,6H,5H2,1-2H3,(H2,11,12,14). The molecule has 0 aliphatic rings. The number of aryl methyl sites for hydroxylation is 1. The Labute approximate surface area is 98.0 Å². The van der Waals surface area contributed by atoms with Crippen LogP contribution >= 0.6 is 11.3 Å². The van der Waals surface area contributed by atoms with Crippen LogP contribution in [0.2, 0.25) is 0 Å².